The molecular formula is C21H20HfI2. The van der Waals surface area contributed by atoms with Crippen LogP contribution >= 0.6 is 0 Å². The number of allylic oxidation sites excluding steroid dienone is 4. The molecule has 0 N–H and O–H groups in total. The smallest absolute Gasteiger partial charge is 1.00 e. The number of hydrogen-bond donors (Lipinski definition) is 0. The molecule has 0 fully saturated rings. The van der Waals surface area contributed by atoms with Crippen LogP contribution in [-0.4, -0.2) is 0 Å². The van der Waals surface area contributed by atoms with Gasteiger partial charge in [0.2, 0.25) is 0 Å². The van der Waals surface area contributed by atoms with Gasteiger partial charge in [-0.15, -0.1) is 0 Å². The van der Waals surface area contributed by atoms with Gasteiger partial charge < -0.3 is 48.0 Å². The van der Waals surface area contributed by atoms with Crippen LogP contribution in [0.1, 0.15) is 37.3 Å². The molecular weight excluding hydrogens is 685 g/mol. The number of halogens is 2. The number of hydrogen-bond acceptors (Lipinski definition) is 0. The Bertz CT molecular complexity index is 790. The summed E-state index contributed by atoms with van der Waals surface area (Å²) >= 11 is -0.901. The Morgan fingerprint density at radius 1 is 0.958 bits per heavy atom. The van der Waals surface area contributed by atoms with Gasteiger partial charge in [-0.25, -0.2) is 0 Å². The Kier molecular flexibility index (Phi) is 7.94. The first-order valence-electron chi connectivity index (χ1n) is 8.22. The Labute approximate surface area is 190 Å². The quantitative estimate of drug-likeness (QED) is 0.242. The summed E-state index contributed by atoms with van der Waals surface area (Å²) in [6, 6.07) is 16.0. The monoisotopic (exact) mass is 706 g/mol. The molecule has 2 aliphatic carbocycles. The van der Waals surface area contributed by atoms with E-state index in [-0.39, 0.29) is 48.0 Å². The maximum Gasteiger partial charge on any atom is -1.00 e. The van der Waals surface area contributed by atoms with Crippen molar-refractivity contribution in [1.82, 2.24) is 0 Å². The van der Waals surface area contributed by atoms with Crippen LogP contribution in [0.2, 0.25) is 0 Å². The van der Waals surface area contributed by atoms with Crippen molar-refractivity contribution in [3.63, 3.8) is 0 Å². The minimum atomic E-state index is -0.901. The van der Waals surface area contributed by atoms with Gasteiger partial charge in [-0.05, 0) is 0 Å². The molecule has 2 aromatic carbocycles. The number of rotatable bonds is 4. The van der Waals surface area contributed by atoms with E-state index in [1.807, 2.05) is 3.33 Å². The van der Waals surface area contributed by atoms with Crippen LogP contribution in [0.25, 0.3) is 11.1 Å². The fourth-order valence-electron chi connectivity index (χ4n) is 3.62. The summed E-state index contributed by atoms with van der Waals surface area (Å²) in [6.07, 6.45) is 9.70. The van der Waals surface area contributed by atoms with Gasteiger partial charge in [0.1, 0.15) is 0 Å². The van der Waals surface area contributed by atoms with Crippen LogP contribution in [-0.2, 0) is 29.3 Å². The molecule has 0 amide bonds. The zero-order valence-corrected chi connectivity index (χ0v) is 21.7. The van der Waals surface area contributed by atoms with Crippen LogP contribution in [0.15, 0.2) is 63.5 Å². The minimum absolute atomic E-state index is 0. The van der Waals surface area contributed by atoms with E-state index in [1.165, 1.54) is 36.0 Å². The van der Waals surface area contributed by atoms with Gasteiger partial charge in [0.25, 0.3) is 0 Å². The molecule has 0 saturated carbocycles. The first-order valence-corrected chi connectivity index (χ1v) is 11.8. The molecule has 0 bridgehead atoms. The normalized spacial score (nSPS) is 13.7. The topological polar surface area (TPSA) is 0 Å². The molecule has 4 rings (SSSR count). The van der Waals surface area contributed by atoms with E-state index in [0.29, 0.717) is 0 Å². The predicted octanol–water partition coefficient (Wildman–Crippen LogP) is -1.01. The number of fused-ring (bicyclic) bond motifs is 3. The molecule has 24 heavy (non-hydrogen) atoms. The molecule has 0 saturated heterocycles. The first kappa shape index (κ1) is 20.6. The molecule has 0 aromatic heterocycles. The van der Waals surface area contributed by atoms with E-state index in [9.17, 15) is 0 Å². The second-order valence-corrected chi connectivity index (χ2v) is 11.2. The summed E-state index contributed by atoms with van der Waals surface area (Å²) in [5.41, 5.74) is 7.79. The fraction of sp³-hybridized carbons (Fsp3) is 0.238. The Balaban J connectivity index is 0.00000104. The third-order valence-corrected chi connectivity index (χ3v) is 10.3. The minimum Gasteiger partial charge on any atom is -1.00 e. The van der Waals surface area contributed by atoms with Crippen molar-refractivity contribution in [1.29, 1.82) is 0 Å². The average Bonchev–Trinajstić information content (AvgIpc) is 3.13. The molecule has 0 nitrogen and oxygen atoms in total. The van der Waals surface area contributed by atoms with Crippen molar-refractivity contribution in [3.8, 4) is 11.1 Å². The summed E-state index contributed by atoms with van der Waals surface area (Å²) < 4.78 is 3.55. The van der Waals surface area contributed by atoms with Gasteiger partial charge in [0.05, 0.1) is 0 Å². The molecule has 0 aliphatic heterocycles. The van der Waals surface area contributed by atoms with Gasteiger partial charge in [-0.2, -0.15) is 0 Å². The molecule has 0 spiro atoms. The predicted molar refractivity (Wildman–Crippen MR) is 90.0 cm³/mol. The fourth-order valence-corrected chi connectivity index (χ4v) is 8.89. The van der Waals surface area contributed by atoms with Crippen LogP contribution in [0.5, 0.6) is 0 Å². The molecule has 0 heterocycles. The molecule has 122 valence electrons. The van der Waals surface area contributed by atoms with Gasteiger partial charge in [0, 0.05) is 0 Å². The van der Waals surface area contributed by atoms with Crippen molar-refractivity contribution in [3.05, 3.63) is 74.6 Å². The molecule has 0 radical (unpaired) electrons. The van der Waals surface area contributed by atoms with Crippen LogP contribution in [0.3, 0.4) is 0 Å². The SMILES string of the molecule is CCCC1=[C]([Hf+2][c]2cccc3c2Cc2ccccc2-3)CC=C1.[I-].[I-]. The van der Waals surface area contributed by atoms with Crippen molar-refractivity contribution in [2.24, 2.45) is 0 Å². The van der Waals surface area contributed by atoms with Crippen molar-refractivity contribution < 1.29 is 70.9 Å². The maximum absolute atomic E-state index is 2.42. The molecule has 0 atom stereocenters. The first-order chi connectivity index (χ1) is 10.9. The standard InChI is InChI=1S/C13H9.C8H11.Hf.2HI/c1-3-7-12-10(5-1)9-11-6-2-4-8-13(11)12;1-2-5-8-6-3-4-7-8;;;/h1-5,7-8H,9H2;3,6H,2,4-5H2,1H3;;2*1H/q;;+2;;/p-2. The second-order valence-electron chi connectivity index (χ2n) is 6.15. The summed E-state index contributed by atoms with van der Waals surface area (Å²) in [5, 5.41) is 0. The van der Waals surface area contributed by atoms with Gasteiger partial charge in [-0.3, -0.25) is 0 Å². The summed E-state index contributed by atoms with van der Waals surface area (Å²) in [6.45, 7) is 2.29. The molecule has 3 heteroatoms. The van der Waals surface area contributed by atoms with E-state index in [1.54, 1.807) is 14.5 Å². The van der Waals surface area contributed by atoms with Crippen LogP contribution < -0.4 is 51.3 Å². The van der Waals surface area contributed by atoms with E-state index in [0.717, 1.165) is 6.42 Å². The van der Waals surface area contributed by atoms with Crippen LogP contribution in [0.4, 0.5) is 0 Å². The summed E-state index contributed by atoms with van der Waals surface area (Å²) in [5.74, 6) is 0. The van der Waals surface area contributed by atoms with Gasteiger partial charge in [-0.1, -0.05) is 0 Å². The Morgan fingerprint density at radius 2 is 1.75 bits per heavy atom. The zero-order chi connectivity index (χ0) is 14.9. The molecule has 2 aliphatic rings. The van der Waals surface area contributed by atoms with Crippen molar-refractivity contribution in [2.45, 2.75) is 32.6 Å². The zero-order valence-electron chi connectivity index (χ0n) is 13.8. The third kappa shape index (κ3) is 3.98. The van der Waals surface area contributed by atoms with E-state index >= 15 is 0 Å². The van der Waals surface area contributed by atoms with Crippen molar-refractivity contribution >= 4 is 3.32 Å². The Morgan fingerprint density at radius 3 is 2.58 bits per heavy atom. The third-order valence-electron chi connectivity index (χ3n) is 4.68. The van der Waals surface area contributed by atoms with E-state index in [2.05, 4.69) is 61.5 Å². The molecule has 0 unspecified atom stereocenters. The van der Waals surface area contributed by atoms with Crippen LogP contribution in [0, 0.1) is 0 Å². The molecule has 2 aromatic rings. The van der Waals surface area contributed by atoms with Crippen molar-refractivity contribution in [2.75, 3.05) is 0 Å². The number of benzene rings is 2. The average molecular weight is 705 g/mol. The van der Waals surface area contributed by atoms with Gasteiger partial charge in [0.15, 0.2) is 0 Å². The van der Waals surface area contributed by atoms with E-state index in [4.69, 9.17) is 0 Å². The van der Waals surface area contributed by atoms with Gasteiger partial charge >= 0.3 is 145 Å². The largest absolute Gasteiger partial charge is 1.00 e. The summed E-state index contributed by atoms with van der Waals surface area (Å²) in [4.78, 5) is 0. The maximum atomic E-state index is 2.42. The summed E-state index contributed by atoms with van der Waals surface area (Å²) in [7, 11) is 0. The Hall–Kier alpha value is 0.250. The van der Waals surface area contributed by atoms with E-state index < -0.39 is 22.9 Å². The second kappa shape index (κ2) is 9.26.